The lowest BCUT2D eigenvalue weighted by Gasteiger charge is -2.31. The molecule has 2 heterocycles. The maximum Gasteiger partial charge on any atom is 0.316 e. The van der Waals surface area contributed by atoms with Crippen molar-refractivity contribution in [1.82, 2.24) is 9.80 Å². The first kappa shape index (κ1) is 44.5. The van der Waals surface area contributed by atoms with E-state index in [0.717, 1.165) is 22.9 Å². The lowest BCUT2D eigenvalue weighted by Crippen LogP contribution is -2.42. The zero-order chi connectivity index (χ0) is 42.5. The molecular weight excluding hydrogens is 870 g/mol. The van der Waals surface area contributed by atoms with E-state index in [9.17, 15) is 28.4 Å². The molecule has 17 heteroatoms. The van der Waals surface area contributed by atoms with Gasteiger partial charge in [0.05, 0.1) is 11.4 Å². The zero-order valence-electron chi connectivity index (χ0n) is 31.7. The number of Topliss-reactive ketones (excluding diaryl/α,β-unsaturated/α-hetero) is 1. The van der Waals surface area contributed by atoms with E-state index in [4.69, 9.17) is 44.1 Å². The average molecular weight is 913 g/mol. The van der Waals surface area contributed by atoms with E-state index in [1.165, 1.54) is 29.8 Å². The number of nitrogens with one attached hydrogen (secondary N) is 2. The predicted molar refractivity (Wildman–Crippen MR) is 228 cm³/mol. The molecule has 0 radical (unpaired) electrons. The number of amides is 6. The SMILES string of the molecule is NC(=O)Nc1cc(Cl)ccc1OCC(=O)N1CCC(=Cc2ccc(F)cc2)CC1.NC(=O)Nc1cc(Cl)ccc1OCC(=O)N1CCC(C(=O)c2ccc(Br)cc2)CC1. The van der Waals surface area contributed by atoms with Crippen molar-refractivity contribution in [3.05, 3.63) is 122 Å². The summed E-state index contributed by atoms with van der Waals surface area (Å²) in [5.41, 5.74) is 13.7. The number of anilines is 2. The molecule has 13 nitrogen and oxygen atoms in total. The zero-order valence-corrected chi connectivity index (χ0v) is 34.8. The van der Waals surface area contributed by atoms with Gasteiger partial charge in [0, 0.05) is 52.2 Å². The van der Waals surface area contributed by atoms with Gasteiger partial charge in [-0.2, -0.15) is 0 Å². The normalized spacial score (nSPS) is 14.0. The Hall–Kier alpha value is -5.64. The maximum atomic E-state index is 13.0. The van der Waals surface area contributed by atoms with E-state index < -0.39 is 12.1 Å². The minimum Gasteiger partial charge on any atom is -0.482 e. The lowest BCUT2D eigenvalue weighted by molar-refractivity contribution is -0.135. The van der Waals surface area contributed by atoms with Crippen LogP contribution in [0.15, 0.2) is 95.0 Å². The van der Waals surface area contributed by atoms with Crippen molar-refractivity contribution in [2.45, 2.75) is 25.7 Å². The van der Waals surface area contributed by atoms with Gasteiger partial charge in [0.2, 0.25) is 0 Å². The standard InChI is InChI=1S/C21H21BrClN3O4.C21H21ClFN3O3/c22-15-3-1-13(2-4-15)20(28)14-7-9-26(10-8-14)19(27)12-30-18-6-5-16(23)11-17(18)25-21(24)29;22-16-3-6-19(18(12-16)25-21(24)28)29-13-20(27)26-9-7-15(8-10-26)11-14-1-4-17(23)5-2-14/h1-6,11,14H,7-10,12H2,(H3,24,25,29);1-6,11-12H,7-10,13H2,(H3,24,25,28). The number of carbonyl (C=O) groups is 5. The molecule has 0 bridgehead atoms. The van der Waals surface area contributed by atoms with Crippen LogP contribution in [0.4, 0.5) is 25.4 Å². The van der Waals surface area contributed by atoms with Crippen molar-refractivity contribution in [2.24, 2.45) is 17.4 Å². The van der Waals surface area contributed by atoms with Crippen LogP contribution >= 0.6 is 39.1 Å². The molecule has 0 atom stereocenters. The van der Waals surface area contributed by atoms with Crippen LogP contribution in [0.25, 0.3) is 6.08 Å². The third-order valence-electron chi connectivity index (χ3n) is 9.45. The van der Waals surface area contributed by atoms with Crippen molar-refractivity contribution < 1.29 is 37.8 Å². The Morgan fingerprint density at radius 1 is 0.712 bits per heavy atom. The van der Waals surface area contributed by atoms with Gasteiger partial charge in [-0.15, -0.1) is 0 Å². The fourth-order valence-electron chi connectivity index (χ4n) is 6.40. The van der Waals surface area contributed by atoms with Gasteiger partial charge in [-0.05, 0) is 91.9 Å². The molecule has 59 heavy (non-hydrogen) atoms. The monoisotopic (exact) mass is 910 g/mol. The van der Waals surface area contributed by atoms with Gasteiger partial charge in [0.25, 0.3) is 11.8 Å². The number of benzene rings is 4. The van der Waals surface area contributed by atoms with Crippen LogP contribution in [-0.2, 0) is 9.59 Å². The molecule has 0 aromatic heterocycles. The second-order valence-corrected chi connectivity index (χ2v) is 15.4. The highest BCUT2D eigenvalue weighted by Gasteiger charge is 2.28. The summed E-state index contributed by atoms with van der Waals surface area (Å²) in [6, 6.07) is 21.4. The van der Waals surface area contributed by atoms with Crippen molar-refractivity contribution in [2.75, 3.05) is 50.0 Å². The number of hydrogen-bond donors (Lipinski definition) is 4. The molecule has 0 saturated carbocycles. The number of hydrogen-bond acceptors (Lipinski definition) is 7. The van der Waals surface area contributed by atoms with Crippen LogP contribution < -0.4 is 31.6 Å². The Labute approximate surface area is 358 Å². The molecule has 4 aromatic carbocycles. The van der Waals surface area contributed by atoms with E-state index in [1.807, 2.05) is 30.3 Å². The molecule has 310 valence electrons. The van der Waals surface area contributed by atoms with Gasteiger partial charge in [0.1, 0.15) is 17.3 Å². The quantitative estimate of drug-likeness (QED) is 0.109. The van der Waals surface area contributed by atoms with E-state index in [1.54, 1.807) is 46.2 Å². The summed E-state index contributed by atoms with van der Waals surface area (Å²) < 4.78 is 25.1. The number of ether oxygens (including phenoxy) is 2. The Morgan fingerprint density at radius 2 is 1.19 bits per heavy atom. The minimum atomic E-state index is -0.758. The van der Waals surface area contributed by atoms with Crippen LogP contribution in [0.5, 0.6) is 11.5 Å². The highest BCUT2D eigenvalue weighted by Crippen LogP contribution is 2.30. The van der Waals surface area contributed by atoms with Gasteiger partial charge < -0.3 is 41.4 Å². The van der Waals surface area contributed by atoms with E-state index in [0.29, 0.717) is 77.5 Å². The smallest absolute Gasteiger partial charge is 0.316 e. The van der Waals surface area contributed by atoms with Crippen molar-refractivity contribution in [3.8, 4) is 11.5 Å². The van der Waals surface area contributed by atoms with Crippen LogP contribution in [0.2, 0.25) is 10.0 Å². The molecule has 2 aliphatic rings. The first-order valence-electron chi connectivity index (χ1n) is 18.5. The number of primary amides is 2. The van der Waals surface area contributed by atoms with Gasteiger partial charge >= 0.3 is 12.1 Å². The van der Waals surface area contributed by atoms with Gasteiger partial charge in [-0.1, -0.05) is 75.0 Å². The Kier molecular flexibility index (Phi) is 16.1. The van der Waals surface area contributed by atoms with Crippen LogP contribution in [0.3, 0.4) is 0 Å². The van der Waals surface area contributed by atoms with E-state index in [-0.39, 0.29) is 42.5 Å². The topological polar surface area (TPSA) is 186 Å². The van der Waals surface area contributed by atoms with Gasteiger partial charge in [-0.25, -0.2) is 14.0 Å². The summed E-state index contributed by atoms with van der Waals surface area (Å²) in [6.07, 6.45) is 4.75. The molecule has 6 amide bonds. The summed E-state index contributed by atoms with van der Waals surface area (Å²) >= 11 is 15.2. The fraction of sp³-hybridized carbons (Fsp3) is 0.262. The lowest BCUT2D eigenvalue weighted by atomic mass is 9.89. The van der Waals surface area contributed by atoms with E-state index in [2.05, 4.69) is 26.6 Å². The number of nitrogens with zero attached hydrogens (tertiary/aromatic N) is 2. The number of carbonyl (C=O) groups excluding carboxylic acids is 5. The number of nitrogens with two attached hydrogens (primary N) is 2. The molecular formula is C42H42BrCl2FN6O7. The van der Waals surface area contributed by atoms with Crippen LogP contribution in [-0.4, -0.2) is 78.9 Å². The molecule has 0 aliphatic carbocycles. The second-order valence-electron chi connectivity index (χ2n) is 13.6. The first-order chi connectivity index (χ1) is 28.2. The molecule has 6 rings (SSSR count). The first-order valence-corrected chi connectivity index (χ1v) is 20.1. The average Bonchev–Trinajstić information content (AvgIpc) is 3.21. The third-order valence-corrected chi connectivity index (χ3v) is 10.4. The van der Waals surface area contributed by atoms with Gasteiger partial charge in [-0.3, -0.25) is 14.4 Å². The summed E-state index contributed by atoms with van der Waals surface area (Å²) in [6.45, 7) is 1.79. The number of piperidine rings is 2. The highest BCUT2D eigenvalue weighted by molar-refractivity contribution is 9.10. The van der Waals surface area contributed by atoms with Crippen molar-refractivity contribution in [3.63, 3.8) is 0 Å². The summed E-state index contributed by atoms with van der Waals surface area (Å²) in [7, 11) is 0. The van der Waals surface area contributed by atoms with E-state index >= 15 is 0 Å². The third kappa shape index (κ3) is 13.7. The molecule has 2 fully saturated rings. The molecule has 6 N–H and O–H groups in total. The predicted octanol–water partition coefficient (Wildman–Crippen LogP) is 8.15. The number of likely N-dealkylation sites (tertiary alicyclic amines) is 2. The number of rotatable bonds is 11. The molecule has 2 saturated heterocycles. The highest BCUT2D eigenvalue weighted by atomic mass is 79.9. The van der Waals surface area contributed by atoms with Crippen molar-refractivity contribution >= 4 is 86.2 Å². The van der Waals surface area contributed by atoms with Crippen molar-refractivity contribution in [1.29, 1.82) is 0 Å². The molecule has 2 aliphatic heterocycles. The molecule has 0 spiro atoms. The second kappa shape index (κ2) is 21.4. The summed E-state index contributed by atoms with van der Waals surface area (Å²) in [5.74, 6) is 0.0213. The number of urea groups is 2. The number of halogens is 4. The largest absolute Gasteiger partial charge is 0.482 e. The fourth-order valence-corrected chi connectivity index (χ4v) is 7.01. The van der Waals surface area contributed by atoms with Crippen LogP contribution in [0, 0.1) is 11.7 Å². The Bertz CT molecular complexity index is 2180. The van der Waals surface area contributed by atoms with Gasteiger partial charge in [0.15, 0.2) is 19.0 Å². The minimum absolute atomic E-state index is 0.0984. The summed E-state index contributed by atoms with van der Waals surface area (Å²) in [4.78, 5) is 63.3. The summed E-state index contributed by atoms with van der Waals surface area (Å²) in [5, 5.41) is 5.65. The number of ketones is 1. The molecule has 0 unspecified atom stereocenters. The van der Waals surface area contributed by atoms with Crippen LogP contribution in [0.1, 0.15) is 41.6 Å². The Balaban J connectivity index is 0.000000224. The molecule has 4 aromatic rings. The Morgan fingerprint density at radius 3 is 1.66 bits per heavy atom. The maximum absolute atomic E-state index is 13.0.